The lowest BCUT2D eigenvalue weighted by Gasteiger charge is -2.18. The molecule has 1 aromatic heterocycles. The molecule has 0 radical (unpaired) electrons. The average molecular weight is 549 g/mol. The maximum absolute atomic E-state index is 6.17. The van der Waals surface area contributed by atoms with E-state index in [1.165, 1.54) is 0 Å². The predicted molar refractivity (Wildman–Crippen MR) is 153 cm³/mol. The SMILES string of the molecule is CCCCc1nnc(OCC2CN(C)CC2COC)cc1-c1ccc(OCc2ccccc2)cc1.Cl.Cl. The summed E-state index contributed by atoms with van der Waals surface area (Å²) in [5.74, 6) is 2.33. The number of aryl methyl sites for hydroxylation is 1. The molecular weight excluding hydrogens is 509 g/mol. The van der Waals surface area contributed by atoms with Crippen LogP contribution in [0.1, 0.15) is 31.0 Å². The van der Waals surface area contributed by atoms with Crippen LogP contribution in [-0.2, 0) is 17.8 Å². The average Bonchev–Trinajstić information content (AvgIpc) is 3.25. The molecule has 1 aliphatic rings. The molecule has 4 rings (SSSR count). The van der Waals surface area contributed by atoms with Crippen LogP contribution in [0, 0.1) is 11.8 Å². The molecule has 6 nitrogen and oxygen atoms in total. The Hall–Kier alpha value is -2.38. The number of aromatic nitrogens is 2. The molecule has 8 heteroatoms. The van der Waals surface area contributed by atoms with Gasteiger partial charge in [-0.15, -0.1) is 29.9 Å². The minimum Gasteiger partial charge on any atom is -0.489 e. The second-order valence-corrected chi connectivity index (χ2v) is 9.45. The van der Waals surface area contributed by atoms with Crippen molar-refractivity contribution in [3.8, 4) is 22.8 Å². The molecule has 0 N–H and O–H groups in total. The Labute approximate surface area is 233 Å². The molecule has 2 heterocycles. The first-order valence-corrected chi connectivity index (χ1v) is 12.6. The number of likely N-dealkylation sites (tertiary alicyclic amines) is 1. The Morgan fingerprint density at radius 1 is 0.892 bits per heavy atom. The van der Waals surface area contributed by atoms with Crippen LogP contribution in [-0.4, -0.2) is 55.6 Å². The molecule has 2 atom stereocenters. The van der Waals surface area contributed by atoms with Gasteiger partial charge in [-0.3, -0.25) is 0 Å². The van der Waals surface area contributed by atoms with Crippen LogP contribution in [0.15, 0.2) is 60.7 Å². The fraction of sp³-hybridized carbons (Fsp3) is 0.448. The van der Waals surface area contributed by atoms with E-state index in [9.17, 15) is 0 Å². The largest absolute Gasteiger partial charge is 0.489 e. The van der Waals surface area contributed by atoms with Gasteiger partial charge in [-0.1, -0.05) is 55.8 Å². The summed E-state index contributed by atoms with van der Waals surface area (Å²) in [4.78, 5) is 2.34. The highest BCUT2D eigenvalue weighted by Crippen LogP contribution is 2.29. The highest BCUT2D eigenvalue weighted by molar-refractivity contribution is 5.85. The minimum absolute atomic E-state index is 0. The standard InChI is InChI=1S/C29H37N3O3.2ClH/c1-4-5-11-28-27(23-12-14-26(15-13-23)34-19-22-9-7-6-8-10-22)16-29(31-30-28)35-21-25-18-32(2)17-24(25)20-33-3;;/h6-10,12-16,24-25H,4-5,11,17-21H2,1-3H3;2*1H. The van der Waals surface area contributed by atoms with E-state index in [1.54, 1.807) is 7.11 Å². The number of rotatable bonds is 12. The molecule has 1 fully saturated rings. The van der Waals surface area contributed by atoms with E-state index >= 15 is 0 Å². The summed E-state index contributed by atoms with van der Waals surface area (Å²) < 4.78 is 17.6. The fourth-order valence-corrected chi connectivity index (χ4v) is 4.68. The Morgan fingerprint density at radius 2 is 1.59 bits per heavy atom. The van der Waals surface area contributed by atoms with E-state index in [0.717, 1.165) is 67.1 Å². The fourth-order valence-electron chi connectivity index (χ4n) is 4.68. The Morgan fingerprint density at radius 3 is 2.27 bits per heavy atom. The molecule has 37 heavy (non-hydrogen) atoms. The number of hydrogen-bond donors (Lipinski definition) is 0. The molecule has 202 valence electrons. The molecule has 0 bridgehead atoms. The summed E-state index contributed by atoms with van der Waals surface area (Å²) in [6.45, 7) is 6.16. The number of hydrogen-bond acceptors (Lipinski definition) is 6. The molecule has 1 saturated heterocycles. The van der Waals surface area contributed by atoms with Gasteiger partial charge < -0.3 is 19.1 Å². The van der Waals surface area contributed by atoms with Gasteiger partial charge in [0, 0.05) is 43.7 Å². The number of unbranched alkanes of at least 4 members (excludes halogenated alkanes) is 1. The van der Waals surface area contributed by atoms with Crippen molar-refractivity contribution >= 4 is 24.8 Å². The molecule has 3 aromatic rings. The first kappa shape index (κ1) is 30.8. The second-order valence-electron chi connectivity index (χ2n) is 9.45. The van der Waals surface area contributed by atoms with Crippen LogP contribution in [0.2, 0.25) is 0 Å². The summed E-state index contributed by atoms with van der Waals surface area (Å²) in [6.07, 6.45) is 3.09. The zero-order valence-electron chi connectivity index (χ0n) is 22.0. The highest BCUT2D eigenvalue weighted by Gasteiger charge is 2.31. The van der Waals surface area contributed by atoms with Crippen molar-refractivity contribution in [2.24, 2.45) is 11.8 Å². The van der Waals surface area contributed by atoms with Crippen molar-refractivity contribution in [3.05, 3.63) is 71.9 Å². The number of nitrogens with zero attached hydrogens (tertiary/aromatic N) is 3. The first-order chi connectivity index (χ1) is 17.2. The normalized spacial score (nSPS) is 17.1. The van der Waals surface area contributed by atoms with Crippen LogP contribution in [0.3, 0.4) is 0 Å². The van der Waals surface area contributed by atoms with Gasteiger partial charge in [0.1, 0.15) is 12.4 Å². The molecule has 2 aromatic carbocycles. The first-order valence-electron chi connectivity index (χ1n) is 12.6. The van der Waals surface area contributed by atoms with E-state index < -0.39 is 0 Å². The van der Waals surface area contributed by atoms with E-state index in [-0.39, 0.29) is 24.8 Å². The third-order valence-electron chi connectivity index (χ3n) is 6.61. The number of ether oxygens (including phenoxy) is 3. The molecule has 0 amide bonds. The molecule has 2 unspecified atom stereocenters. The predicted octanol–water partition coefficient (Wildman–Crippen LogP) is 6.11. The van der Waals surface area contributed by atoms with Crippen molar-refractivity contribution in [1.29, 1.82) is 0 Å². The van der Waals surface area contributed by atoms with Crippen molar-refractivity contribution in [3.63, 3.8) is 0 Å². The van der Waals surface area contributed by atoms with Gasteiger partial charge >= 0.3 is 0 Å². The smallest absolute Gasteiger partial charge is 0.234 e. The Bertz CT molecular complexity index is 1050. The quantitative estimate of drug-likeness (QED) is 0.272. The molecule has 0 aliphatic carbocycles. The molecule has 1 aliphatic heterocycles. The van der Waals surface area contributed by atoms with Crippen molar-refractivity contribution in [2.45, 2.75) is 32.8 Å². The Balaban J connectivity index is 0.00000241. The third-order valence-corrected chi connectivity index (χ3v) is 6.61. The lowest BCUT2D eigenvalue weighted by Crippen LogP contribution is -2.24. The summed E-state index contributed by atoms with van der Waals surface area (Å²) in [6, 6.07) is 20.5. The number of methoxy groups -OCH3 is 1. The molecular formula is C29H39Cl2N3O3. The van der Waals surface area contributed by atoms with Crippen LogP contribution in [0.25, 0.3) is 11.1 Å². The van der Waals surface area contributed by atoms with E-state index in [0.29, 0.717) is 30.9 Å². The van der Waals surface area contributed by atoms with Crippen LogP contribution >= 0.6 is 24.8 Å². The molecule has 0 spiro atoms. The van der Waals surface area contributed by atoms with Gasteiger partial charge in [0.2, 0.25) is 5.88 Å². The zero-order valence-corrected chi connectivity index (χ0v) is 23.6. The van der Waals surface area contributed by atoms with E-state index in [2.05, 4.69) is 53.3 Å². The topological polar surface area (TPSA) is 56.7 Å². The monoisotopic (exact) mass is 547 g/mol. The van der Waals surface area contributed by atoms with Gasteiger partial charge in [0.25, 0.3) is 0 Å². The van der Waals surface area contributed by atoms with Crippen molar-refractivity contribution < 1.29 is 14.2 Å². The lowest BCUT2D eigenvalue weighted by molar-refractivity contribution is 0.118. The van der Waals surface area contributed by atoms with Gasteiger partial charge in [-0.05, 0) is 43.1 Å². The van der Waals surface area contributed by atoms with Crippen LogP contribution < -0.4 is 9.47 Å². The summed E-state index contributed by atoms with van der Waals surface area (Å²) >= 11 is 0. The Kier molecular flexibility index (Phi) is 13.1. The van der Waals surface area contributed by atoms with E-state index in [4.69, 9.17) is 14.2 Å². The van der Waals surface area contributed by atoms with Crippen LogP contribution in [0.5, 0.6) is 11.6 Å². The van der Waals surface area contributed by atoms with Gasteiger partial charge in [-0.25, -0.2) is 0 Å². The summed E-state index contributed by atoms with van der Waals surface area (Å²) in [5, 5.41) is 8.97. The highest BCUT2D eigenvalue weighted by atomic mass is 35.5. The van der Waals surface area contributed by atoms with Crippen molar-refractivity contribution in [2.75, 3.05) is 40.5 Å². The summed E-state index contributed by atoms with van der Waals surface area (Å²) in [5.41, 5.74) is 4.34. The van der Waals surface area contributed by atoms with Gasteiger partial charge in [0.15, 0.2) is 0 Å². The van der Waals surface area contributed by atoms with Crippen LogP contribution in [0.4, 0.5) is 0 Å². The van der Waals surface area contributed by atoms with Gasteiger partial charge in [-0.2, -0.15) is 5.10 Å². The lowest BCUT2D eigenvalue weighted by atomic mass is 9.98. The second kappa shape index (κ2) is 15.8. The third kappa shape index (κ3) is 8.85. The van der Waals surface area contributed by atoms with Gasteiger partial charge in [0.05, 0.1) is 18.9 Å². The minimum atomic E-state index is 0. The maximum atomic E-state index is 6.17. The summed E-state index contributed by atoms with van der Waals surface area (Å²) in [7, 11) is 3.91. The number of halogens is 2. The van der Waals surface area contributed by atoms with Crippen molar-refractivity contribution in [1.82, 2.24) is 15.1 Å². The molecule has 0 saturated carbocycles. The number of benzene rings is 2. The maximum Gasteiger partial charge on any atom is 0.234 e. The zero-order chi connectivity index (χ0) is 24.5. The van der Waals surface area contributed by atoms with E-state index in [1.807, 2.05) is 36.4 Å².